The van der Waals surface area contributed by atoms with Gasteiger partial charge in [0.1, 0.15) is 6.61 Å². The molecule has 0 aliphatic carbocycles. The average Bonchev–Trinajstić information content (AvgIpc) is 3.11. The van der Waals surface area contributed by atoms with E-state index in [1.165, 1.54) is 13.3 Å². The standard InChI is InChI=1S/C18H20N4O4/c1-26-11-16(23)22-5-2-12(10-22)6-15-17(21-4-3-20-15)13-7-14(18(24)25)9-19-8-13/h3-4,7-9,12H,2,5-6,10-11H2,1H3,(H,24,25)/t12-/m0/s1. The fraction of sp³-hybridized carbons (Fsp3) is 0.389. The van der Waals surface area contributed by atoms with Crippen LogP contribution in [0.5, 0.6) is 0 Å². The van der Waals surface area contributed by atoms with Crippen molar-refractivity contribution in [3.63, 3.8) is 0 Å². The minimum Gasteiger partial charge on any atom is -0.478 e. The van der Waals surface area contributed by atoms with Gasteiger partial charge in [-0.25, -0.2) is 4.79 Å². The molecule has 1 aliphatic rings. The molecule has 136 valence electrons. The fourth-order valence-corrected chi connectivity index (χ4v) is 3.16. The number of amides is 1. The lowest BCUT2D eigenvalue weighted by molar-refractivity contribution is -0.134. The summed E-state index contributed by atoms with van der Waals surface area (Å²) in [5, 5.41) is 9.16. The van der Waals surface area contributed by atoms with Crippen LogP contribution in [0.25, 0.3) is 11.3 Å². The third-order valence-electron chi connectivity index (χ3n) is 4.42. The van der Waals surface area contributed by atoms with E-state index in [4.69, 9.17) is 9.84 Å². The number of pyridine rings is 1. The van der Waals surface area contributed by atoms with E-state index >= 15 is 0 Å². The molecule has 1 aliphatic heterocycles. The third kappa shape index (κ3) is 4.02. The Labute approximate surface area is 150 Å². The number of rotatable bonds is 6. The van der Waals surface area contributed by atoms with Gasteiger partial charge >= 0.3 is 5.97 Å². The van der Waals surface area contributed by atoms with Crippen LogP contribution in [0.1, 0.15) is 22.5 Å². The molecule has 3 rings (SSSR count). The molecule has 8 heteroatoms. The summed E-state index contributed by atoms with van der Waals surface area (Å²) >= 11 is 0. The lowest BCUT2D eigenvalue weighted by Gasteiger charge is -2.16. The maximum atomic E-state index is 11.9. The Bertz CT molecular complexity index is 811. The van der Waals surface area contributed by atoms with Crippen molar-refractivity contribution in [1.29, 1.82) is 0 Å². The zero-order valence-corrected chi connectivity index (χ0v) is 14.5. The molecule has 2 aromatic rings. The van der Waals surface area contributed by atoms with Crippen molar-refractivity contribution in [2.75, 3.05) is 26.8 Å². The number of aromatic nitrogens is 3. The van der Waals surface area contributed by atoms with Crippen molar-refractivity contribution in [2.24, 2.45) is 5.92 Å². The summed E-state index contributed by atoms with van der Waals surface area (Å²) in [5.41, 5.74) is 2.14. The molecule has 1 amide bonds. The van der Waals surface area contributed by atoms with Crippen LogP contribution in [0.3, 0.4) is 0 Å². The van der Waals surface area contributed by atoms with Crippen LogP contribution in [0.2, 0.25) is 0 Å². The minimum absolute atomic E-state index is 0.00673. The van der Waals surface area contributed by atoms with Crippen LogP contribution in [0, 0.1) is 5.92 Å². The molecule has 0 saturated carbocycles. The number of carboxylic acids is 1. The van der Waals surface area contributed by atoms with Crippen LogP contribution in [0.15, 0.2) is 30.9 Å². The van der Waals surface area contributed by atoms with Gasteiger partial charge in [0.25, 0.3) is 0 Å². The van der Waals surface area contributed by atoms with Gasteiger partial charge in [-0.3, -0.25) is 19.7 Å². The summed E-state index contributed by atoms with van der Waals surface area (Å²) in [6.07, 6.45) is 7.64. The van der Waals surface area contributed by atoms with Crippen LogP contribution in [-0.2, 0) is 16.0 Å². The van der Waals surface area contributed by atoms with Gasteiger partial charge in [-0.2, -0.15) is 0 Å². The zero-order valence-electron chi connectivity index (χ0n) is 14.5. The van der Waals surface area contributed by atoms with Gasteiger partial charge in [-0.15, -0.1) is 0 Å². The minimum atomic E-state index is -1.03. The van der Waals surface area contributed by atoms with Crippen molar-refractivity contribution in [1.82, 2.24) is 19.9 Å². The van der Waals surface area contributed by atoms with Crippen LogP contribution in [-0.4, -0.2) is 63.6 Å². The Morgan fingerprint density at radius 1 is 1.31 bits per heavy atom. The molecule has 3 heterocycles. The van der Waals surface area contributed by atoms with Crippen LogP contribution < -0.4 is 0 Å². The summed E-state index contributed by atoms with van der Waals surface area (Å²) in [5.74, 6) is -0.762. The average molecular weight is 356 g/mol. The smallest absolute Gasteiger partial charge is 0.337 e. The van der Waals surface area contributed by atoms with Crippen molar-refractivity contribution < 1.29 is 19.4 Å². The number of aromatic carboxylic acids is 1. The van der Waals surface area contributed by atoms with Gasteiger partial charge in [-0.05, 0) is 24.8 Å². The summed E-state index contributed by atoms with van der Waals surface area (Å²) < 4.78 is 4.91. The van der Waals surface area contributed by atoms with Gasteiger partial charge < -0.3 is 14.7 Å². The molecule has 0 radical (unpaired) electrons. The molecule has 1 atom stereocenters. The van der Waals surface area contributed by atoms with Gasteiger partial charge in [-0.1, -0.05) is 0 Å². The first-order valence-electron chi connectivity index (χ1n) is 8.33. The van der Waals surface area contributed by atoms with E-state index in [0.29, 0.717) is 30.8 Å². The van der Waals surface area contributed by atoms with E-state index in [0.717, 1.165) is 12.1 Å². The predicted octanol–water partition coefficient (Wildman–Crippen LogP) is 1.27. The largest absolute Gasteiger partial charge is 0.478 e. The lowest BCUT2D eigenvalue weighted by atomic mass is 9.99. The summed E-state index contributed by atoms with van der Waals surface area (Å²) in [7, 11) is 1.51. The van der Waals surface area contributed by atoms with Gasteiger partial charge in [0.15, 0.2) is 0 Å². The number of hydrogen-bond donors (Lipinski definition) is 1. The number of likely N-dealkylation sites (tertiary alicyclic amines) is 1. The van der Waals surface area contributed by atoms with Gasteiger partial charge in [0, 0.05) is 50.6 Å². The zero-order chi connectivity index (χ0) is 18.5. The molecule has 26 heavy (non-hydrogen) atoms. The van der Waals surface area contributed by atoms with E-state index in [1.807, 2.05) is 0 Å². The molecule has 2 aromatic heterocycles. The second-order valence-corrected chi connectivity index (χ2v) is 6.25. The Morgan fingerprint density at radius 2 is 2.12 bits per heavy atom. The number of carbonyl (C=O) groups excluding carboxylic acids is 1. The Morgan fingerprint density at radius 3 is 2.88 bits per heavy atom. The molecule has 1 fully saturated rings. The topological polar surface area (TPSA) is 106 Å². The molecular weight excluding hydrogens is 336 g/mol. The van der Waals surface area contributed by atoms with Crippen molar-refractivity contribution in [3.05, 3.63) is 42.1 Å². The number of nitrogens with zero attached hydrogens (tertiary/aromatic N) is 4. The Hall–Kier alpha value is -2.87. The summed E-state index contributed by atoms with van der Waals surface area (Å²) in [4.78, 5) is 37.7. The molecule has 0 spiro atoms. The quantitative estimate of drug-likeness (QED) is 0.831. The number of ether oxygens (including phenoxy) is 1. The molecule has 1 N–H and O–H groups in total. The SMILES string of the molecule is COCC(=O)N1CC[C@@H](Cc2nccnc2-c2cncc(C(=O)O)c2)C1. The third-order valence-corrected chi connectivity index (χ3v) is 4.42. The first-order chi connectivity index (χ1) is 12.6. The Kier molecular flexibility index (Phi) is 5.52. The number of carbonyl (C=O) groups is 2. The maximum Gasteiger partial charge on any atom is 0.337 e. The fourth-order valence-electron chi connectivity index (χ4n) is 3.16. The molecule has 1 saturated heterocycles. The molecule has 0 bridgehead atoms. The second-order valence-electron chi connectivity index (χ2n) is 6.25. The maximum absolute atomic E-state index is 11.9. The highest BCUT2D eigenvalue weighted by Crippen LogP contribution is 2.26. The summed E-state index contributed by atoms with van der Waals surface area (Å²) in [6.45, 7) is 1.46. The normalized spacial score (nSPS) is 16.7. The monoisotopic (exact) mass is 356 g/mol. The summed E-state index contributed by atoms with van der Waals surface area (Å²) in [6, 6.07) is 1.55. The Balaban J connectivity index is 1.77. The molecular formula is C18H20N4O4. The highest BCUT2D eigenvalue weighted by Gasteiger charge is 2.27. The number of methoxy groups -OCH3 is 1. The predicted molar refractivity (Wildman–Crippen MR) is 92.5 cm³/mol. The van der Waals surface area contributed by atoms with Gasteiger partial charge in [0.2, 0.25) is 5.91 Å². The highest BCUT2D eigenvalue weighted by molar-refractivity contribution is 5.88. The molecule has 0 aromatic carbocycles. The second kappa shape index (κ2) is 8.01. The van der Waals surface area contributed by atoms with Crippen molar-refractivity contribution in [2.45, 2.75) is 12.8 Å². The first kappa shape index (κ1) is 17.9. The van der Waals surface area contributed by atoms with E-state index in [2.05, 4.69) is 15.0 Å². The van der Waals surface area contributed by atoms with Crippen LogP contribution >= 0.6 is 0 Å². The van der Waals surface area contributed by atoms with Gasteiger partial charge in [0.05, 0.1) is 17.0 Å². The van der Waals surface area contributed by atoms with E-state index in [9.17, 15) is 9.59 Å². The van der Waals surface area contributed by atoms with E-state index in [-0.39, 0.29) is 24.0 Å². The van der Waals surface area contributed by atoms with Crippen molar-refractivity contribution >= 4 is 11.9 Å². The van der Waals surface area contributed by atoms with E-state index in [1.54, 1.807) is 29.6 Å². The van der Waals surface area contributed by atoms with Crippen LogP contribution in [0.4, 0.5) is 0 Å². The highest BCUT2D eigenvalue weighted by atomic mass is 16.5. The van der Waals surface area contributed by atoms with E-state index < -0.39 is 5.97 Å². The molecule has 8 nitrogen and oxygen atoms in total. The number of hydrogen-bond acceptors (Lipinski definition) is 6. The molecule has 0 unspecified atom stereocenters. The lowest BCUT2D eigenvalue weighted by Crippen LogP contribution is -2.31. The number of carboxylic acid groups (broad SMARTS) is 1. The van der Waals surface area contributed by atoms with Crippen molar-refractivity contribution in [3.8, 4) is 11.3 Å². The first-order valence-corrected chi connectivity index (χ1v) is 8.33.